The summed E-state index contributed by atoms with van der Waals surface area (Å²) < 4.78 is 5.62. The van der Waals surface area contributed by atoms with E-state index in [0.717, 1.165) is 31.3 Å². The Morgan fingerprint density at radius 1 is 1.29 bits per heavy atom. The van der Waals surface area contributed by atoms with Crippen LogP contribution >= 0.6 is 0 Å². The van der Waals surface area contributed by atoms with Crippen molar-refractivity contribution in [1.82, 2.24) is 5.32 Å². The lowest BCUT2D eigenvalue weighted by atomic mass is 9.93. The summed E-state index contributed by atoms with van der Waals surface area (Å²) in [5.74, 6) is 1.90. The maximum Gasteiger partial charge on any atom is 0.125 e. The zero-order chi connectivity index (χ0) is 15.2. The smallest absolute Gasteiger partial charge is 0.125 e. The molecule has 0 radical (unpaired) electrons. The molecule has 1 heterocycles. The molecule has 0 saturated carbocycles. The molecule has 118 valence electrons. The fourth-order valence-corrected chi connectivity index (χ4v) is 3.41. The molecule has 3 heteroatoms. The summed E-state index contributed by atoms with van der Waals surface area (Å²) in [6.07, 6.45) is 3.93. The second kappa shape index (κ2) is 7.69. The van der Waals surface area contributed by atoms with Gasteiger partial charge in [0, 0.05) is 30.4 Å². The summed E-state index contributed by atoms with van der Waals surface area (Å²) in [5, 5.41) is 3.53. The Hall–Kier alpha value is -1.22. The number of hydrogen-bond acceptors (Lipinski definition) is 3. The summed E-state index contributed by atoms with van der Waals surface area (Å²) in [6, 6.07) is 6.75. The van der Waals surface area contributed by atoms with E-state index in [1.54, 1.807) is 7.11 Å². The van der Waals surface area contributed by atoms with Gasteiger partial charge in [-0.1, -0.05) is 26.3 Å². The first kappa shape index (κ1) is 16.2. The van der Waals surface area contributed by atoms with Crippen LogP contribution in [0.25, 0.3) is 0 Å². The third kappa shape index (κ3) is 3.70. The van der Waals surface area contributed by atoms with Crippen LogP contribution in [-0.2, 0) is 0 Å². The molecule has 1 unspecified atom stereocenters. The Kier molecular flexibility index (Phi) is 5.92. The minimum atomic E-state index is 0.310. The summed E-state index contributed by atoms with van der Waals surface area (Å²) in [6.45, 7) is 9.98. The highest BCUT2D eigenvalue weighted by Gasteiger charge is 2.23. The van der Waals surface area contributed by atoms with Gasteiger partial charge in [-0.15, -0.1) is 0 Å². The van der Waals surface area contributed by atoms with Crippen LogP contribution in [0.5, 0.6) is 5.75 Å². The maximum absolute atomic E-state index is 5.62. The van der Waals surface area contributed by atoms with E-state index in [-0.39, 0.29) is 0 Å². The monoisotopic (exact) mass is 290 g/mol. The lowest BCUT2D eigenvalue weighted by molar-refractivity contribution is 0.389. The van der Waals surface area contributed by atoms with Crippen LogP contribution in [0.4, 0.5) is 5.69 Å². The second-order valence-corrected chi connectivity index (χ2v) is 6.01. The van der Waals surface area contributed by atoms with Crippen molar-refractivity contribution in [2.45, 2.75) is 46.1 Å². The van der Waals surface area contributed by atoms with Crippen LogP contribution in [-0.4, -0.2) is 26.7 Å². The first-order valence-corrected chi connectivity index (χ1v) is 8.36. The Morgan fingerprint density at radius 2 is 2.00 bits per heavy atom. The maximum atomic E-state index is 5.62. The third-order valence-electron chi connectivity index (χ3n) is 4.74. The van der Waals surface area contributed by atoms with Crippen molar-refractivity contribution in [3.05, 3.63) is 23.8 Å². The van der Waals surface area contributed by atoms with Crippen LogP contribution in [0.15, 0.2) is 18.2 Å². The van der Waals surface area contributed by atoms with Crippen molar-refractivity contribution < 1.29 is 4.74 Å². The van der Waals surface area contributed by atoms with E-state index in [1.165, 1.54) is 30.5 Å². The van der Waals surface area contributed by atoms with Crippen molar-refractivity contribution in [1.29, 1.82) is 0 Å². The number of nitrogens with zero attached hydrogens (tertiary/aromatic N) is 1. The molecule has 0 aromatic heterocycles. The number of nitrogens with one attached hydrogen (secondary N) is 1. The molecule has 1 aromatic carbocycles. The van der Waals surface area contributed by atoms with E-state index in [1.807, 2.05) is 0 Å². The van der Waals surface area contributed by atoms with Gasteiger partial charge in [0.1, 0.15) is 5.75 Å². The quantitative estimate of drug-likeness (QED) is 0.857. The van der Waals surface area contributed by atoms with Gasteiger partial charge in [-0.25, -0.2) is 0 Å². The van der Waals surface area contributed by atoms with E-state index in [0.29, 0.717) is 6.04 Å². The molecule has 2 rings (SSSR count). The molecule has 1 fully saturated rings. The molecule has 21 heavy (non-hydrogen) atoms. The van der Waals surface area contributed by atoms with E-state index in [2.05, 4.69) is 49.2 Å². The fraction of sp³-hybridized carbons (Fsp3) is 0.667. The average molecular weight is 290 g/mol. The fourth-order valence-electron chi connectivity index (χ4n) is 3.41. The number of ether oxygens (including phenoxy) is 1. The van der Waals surface area contributed by atoms with Crippen molar-refractivity contribution in [2.24, 2.45) is 5.92 Å². The predicted molar refractivity (Wildman–Crippen MR) is 90.3 cm³/mol. The number of piperidine rings is 1. The predicted octanol–water partition coefficient (Wildman–Crippen LogP) is 3.99. The Labute approximate surface area is 129 Å². The topological polar surface area (TPSA) is 24.5 Å². The average Bonchev–Trinajstić information content (AvgIpc) is 2.54. The van der Waals surface area contributed by atoms with Crippen LogP contribution in [0, 0.1) is 5.92 Å². The molecule has 1 saturated heterocycles. The third-order valence-corrected chi connectivity index (χ3v) is 4.74. The highest BCUT2D eigenvalue weighted by atomic mass is 16.5. The van der Waals surface area contributed by atoms with Crippen molar-refractivity contribution >= 4 is 5.69 Å². The molecular formula is C18H30N2O. The zero-order valence-corrected chi connectivity index (χ0v) is 14.0. The normalized spacial score (nSPS) is 17.8. The molecule has 1 aromatic rings. The van der Waals surface area contributed by atoms with E-state index in [4.69, 9.17) is 4.74 Å². The molecule has 0 spiro atoms. The minimum Gasteiger partial charge on any atom is -0.496 e. The molecule has 1 N–H and O–H groups in total. The SMILES string of the molecule is CCNC(C)c1c(OC)cccc1N1CCC(CC)CC1. The largest absolute Gasteiger partial charge is 0.496 e. The molecule has 1 aliphatic heterocycles. The number of benzene rings is 1. The van der Waals surface area contributed by atoms with Crippen molar-refractivity contribution in [3.8, 4) is 5.75 Å². The van der Waals surface area contributed by atoms with Crippen LogP contribution < -0.4 is 15.0 Å². The molecule has 3 nitrogen and oxygen atoms in total. The van der Waals surface area contributed by atoms with Gasteiger partial charge in [0.05, 0.1) is 7.11 Å². The Bertz CT molecular complexity index is 439. The van der Waals surface area contributed by atoms with E-state index >= 15 is 0 Å². The van der Waals surface area contributed by atoms with Gasteiger partial charge in [-0.05, 0) is 44.4 Å². The molecule has 0 aliphatic carbocycles. The van der Waals surface area contributed by atoms with Crippen molar-refractivity contribution in [3.63, 3.8) is 0 Å². The van der Waals surface area contributed by atoms with Crippen LogP contribution in [0.3, 0.4) is 0 Å². The first-order valence-electron chi connectivity index (χ1n) is 8.36. The number of anilines is 1. The Morgan fingerprint density at radius 3 is 2.57 bits per heavy atom. The minimum absolute atomic E-state index is 0.310. The van der Waals surface area contributed by atoms with Gasteiger partial charge in [0.25, 0.3) is 0 Å². The number of hydrogen-bond donors (Lipinski definition) is 1. The summed E-state index contributed by atoms with van der Waals surface area (Å²) >= 11 is 0. The van der Waals surface area contributed by atoms with Gasteiger partial charge < -0.3 is 15.0 Å². The van der Waals surface area contributed by atoms with Crippen molar-refractivity contribution in [2.75, 3.05) is 31.6 Å². The molecule has 0 bridgehead atoms. The zero-order valence-electron chi connectivity index (χ0n) is 14.0. The number of rotatable bonds is 6. The molecular weight excluding hydrogens is 260 g/mol. The van der Waals surface area contributed by atoms with Crippen LogP contribution in [0.1, 0.15) is 51.6 Å². The summed E-state index contributed by atoms with van der Waals surface area (Å²) in [7, 11) is 1.77. The van der Waals surface area contributed by atoms with Gasteiger partial charge in [0.15, 0.2) is 0 Å². The summed E-state index contributed by atoms with van der Waals surface area (Å²) in [5.41, 5.74) is 2.65. The van der Waals surface area contributed by atoms with Gasteiger partial charge >= 0.3 is 0 Å². The van der Waals surface area contributed by atoms with Gasteiger partial charge in [-0.2, -0.15) is 0 Å². The lowest BCUT2D eigenvalue weighted by Gasteiger charge is -2.35. The molecule has 0 amide bonds. The highest BCUT2D eigenvalue weighted by molar-refractivity contribution is 5.61. The highest BCUT2D eigenvalue weighted by Crippen LogP contribution is 2.36. The van der Waals surface area contributed by atoms with Gasteiger partial charge in [0.2, 0.25) is 0 Å². The Balaban J connectivity index is 2.26. The molecule has 1 aliphatic rings. The van der Waals surface area contributed by atoms with Crippen LogP contribution in [0.2, 0.25) is 0 Å². The number of methoxy groups -OCH3 is 1. The van der Waals surface area contributed by atoms with Gasteiger partial charge in [-0.3, -0.25) is 0 Å². The van der Waals surface area contributed by atoms with E-state index in [9.17, 15) is 0 Å². The second-order valence-electron chi connectivity index (χ2n) is 6.01. The lowest BCUT2D eigenvalue weighted by Crippen LogP contribution is -2.35. The first-order chi connectivity index (χ1) is 10.2. The van der Waals surface area contributed by atoms with E-state index < -0.39 is 0 Å². The standard InChI is InChI=1S/C18H30N2O/c1-5-15-10-12-20(13-11-15)16-8-7-9-17(21-4)18(16)14(3)19-6-2/h7-9,14-15,19H,5-6,10-13H2,1-4H3. The molecule has 1 atom stereocenters. The summed E-state index contributed by atoms with van der Waals surface area (Å²) in [4.78, 5) is 2.54.